The second-order valence-electron chi connectivity index (χ2n) is 4.76. The zero-order valence-corrected chi connectivity index (χ0v) is 14.4. The largest absolute Gasteiger partial charge is 0.369 e. The fourth-order valence-corrected chi connectivity index (χ4v) is 3.23. The van der Waals surface area contributed by atoms with Crippen molar-refractivity contribution in [2.75, 3.05) is 5.75 Å². The average molecular weight is 373 g/mol. The Labute approximate surface area is 147 Å². The predicted molar refractivity (Wildman–Crippen MR) is 93.3 cm³/mol. The normalized spacial score (nSPS) is 17.5. The lowest BCUT2D eigenvalue weighted by Crippen LogP contribution is -2.33. The lowest BCUT2D eigenvalue weighted by atomic mass is 9.96. The Morgan fingerprint density at radius 2 is 2.04 bits per heavy atom. The van der Waals surface area contributed by atoms with Gasteiger partial charge in [0.25, 0.3) is 0 Å². The molecule has 9 heteroatoms. The second kappa shape index (κ2) is 7.25. The molecule has 1 atom stereocenters. The topological polar surface area (TPSA) is 111 Å². The molecule has 6 nitrogen and oxygen atoms in total. The van der Waals surface area contributed by atoms with Crippen LogP contribution in [0.25, 0.3) is 0 Å². The number of carbonyl (C=O) groups is 2. The number of nitrogens with one attached hydrogen (secondary N) is 1. The van der Waals surface area contributed by atoms with Crippen LogP contribution >= 0.6 is 35.0 Å². The van der Waals surface area contributed by atoms with Crippen molar-refractivity contribution in [3.05, 3.63) is 45.1 Å². The molecule has 1 aliphatic heterocycles. The van der Waals surface area contributed by atoms with Crippen molar-refractivity contribution in [1.82, 2.24) is 5.32 Å². The van der Waals surface area contributed by atoms with Gasteiger partial charge in [-0.25, -0.2) is 4.99 Å². The molecule has 0 radical (unpaired) electrons. The Hall–Kier alpha value is -1.70. The summed E-state index contributed by atoms with van der Waals surface area (Å²) < 4.78 is 0. The second-order valence-corrected chi connectivity index (χ2v) is 6.51. The summed E-state index contributed by atoms with van der Waals surface area (Å²) in [4.78, 5) is 27.2. The van der Waals surface area contributed by atoms with Crippen LogP contribution in [0.3, 0.4) is 0 Å². The SMILES string of the molecule is CC1=C(C(N)=O)[C@@H](c2cccc(Cl)c2Cl)N=C(SCC(N)=O)N1. The average Bonchev–Trinajstić information content (AvgIpc) is 2.47. The van der Waals surface area contributed by atoms with Crippen LogP contribution in [0, 0.1) is 0 Å². The molecular formula is C14H14Cl2N4O2S. The molecule has 122 valence electrons. The highest BCUT2D eigenvalue weighted by molar-refractivity contribution is 8.14. The summed E-state index contributed by atoms with van der Waals surface area (Å²) in [5.41, 5.74) is 12.0. The van der Waals surface area contributed by atoms with E-state index in [1.165, 1.54) is 0 Å². The van der Waals surface area contributed by atoms with Crippen molar-refractivity contribution in [3.63, 3.8) is 0 Å². The minimum Gasteiger partial charge on any atom is -0.369 e. The van der Waals surface area contributed by atoms with Gasteiger partial charge < -0.3 is 16.8 Å². The van der Waals surface area contributed by atoms with E-state index < -0.39 is 17.9 Å². The van der Waals surface area contributed by atoms with Gasteiger partial charge in [-0.15, -0.1) is 0 Å². The van der Waals surface area contributed by atoms with Gasteiger partial charge in [-0.2, -0.15) is 0 Å². The molecule has 2 amide bonds. The summed E-state index contributed by atoms with van der Waals surface area (Å²) in [5.74, 6) is -1.03. The van der Waals surface area contributed by atoms with Gasteiger partial charge in [-0.1, -0.05) is 47.1 Å². The predicted octanol–water partition coefficient (Wildman–Crippen LogP) is 1.97. The maximum atomic E-state index is 11.8. The highest BCUT2D eigenvalue weighted by atomic mass is 35.5. The summed E-state index contributed by atoms with van der Waals surface area (Å²) in [5, 5.41) is 4.05. The molecule has 0 bridgehead atoms. The Morgan fingerprint density at radius 1 is 1.35 bits per heavy atom. The van der Waals surface area contributed by atoms with Gasteiger partial charge in [0.15, 0.2) is 5.17 Å². The molecule has 0 aromatic heterocycles. The zero-order valence-electron chi connectivity index (χ0n) is 12.1. The molecule has 1 aliphatic rings. The lowest BCUT2D eigenvalue weighted by molar-refractivity contribution is -0.116. The highest BCUT2D eigenvalue weighted by Gasteiger charge is 2.30. The van der Waals surface area contributed by atoms with E-state index in [0.717, 1.165) is 11.8 Å². The van der Waals surface area contributed by atoms with Crippen molar-refractivity contribution in [1.29, 1.82) is 0 Å². The summed E-state index contributed by atoms with van der Waals surface area (Å²) in [6.45, 7) is 1.70. The van der Waals surface area contributed by atoms with Crippen molar-refractivity contribution in [2.24, 2.45) is 16.5 Å². The van der Waals surface area contributed by atoms with Gasteiger partial charge in [-0.05, 0) is 13.0 Å². The maximum Gasteiger partial charge on any atom is 0.248 e. The van der Waals surface area contributed by atoms with Crippen LogP contribution < -0.4 is 16.8 Å². The third kappa shape index (κ3) is 3.99. The summed E-state index contributed by atoms with van der Waals surface area (Å²) >= 11 is 13.4. The summed E-state index contributed by atoms with van der Waals surface area (Å²) in [7, 11) is 0. The Bertz CT molecular complexity index is 733. The van der Waals surface area contributed by atoms with Crippen molar-refractivity contribution < 1.29 is 9.59 Å². The fraction of sp³-hybridized carbons (Fsp3) is 0.214. The first-order chi connectivity index (χ1) is 10.8. The Morgan fingerprint density at radius 3 is 2.65 bits per heavy atom. The van der Waals surface area contributed by atoms with Crippen molar-refractivity contribution in [2.45, 2.75) is 13.0 Å². The molecule has 1 aromatic carbocycles. The highest BCUT2D eigenvalue weighted by Crippen LogP contribution is 2.38. The number of primary amides is 2. The molecule has 0 saturated carbocycles. The first kappa shape index (κ1) is 17.7. The van der Waals surface area contributed by atoms with Gasteiger partial charge in [0.1, 0.15) is 6.04 Å². The number of allylic oxidation sites excluding steroid dienone is 1. The number of hydrogen-bond acceptors (Lipinski definition) is 5. The van der Waals surface area contributed by atoms with Crippen LogP contribution in [0.1, 0.15) is 18.5 Å². The number of aliphatic imine (C=N–C) groups is 1. The molecule has 0 unspecified atom stereocenters. The first-order valence-electron chi connectivity index (χ1n) is 6.51. The number of amides is 2. The van der Waals surface area contributed by atoms with Crippen LogP contribution in [0.4, 0.5) is 0 Å². The molecule has 0 spiro atoms. The zero-order chi connectivity index (χ0) is 17.1. The van der Waals surface area contributed by atoms with Crippen LogP contribution in [0.15, 0.2) is 34.5 Å². The number of amidine groups is 1. The number of nitrogens with zero attached hydrogens (tertiary/aromatic N) is 1. The number of hydrogen-bond donors (Lipinski definition) is 3. The summed E-state index contributed by atoms with van der Waals surface area (Å²) in [6, 6.07) is 4.38. The Kier molecular flexibility index (Phi) is 5.56. The van der Waals surface area contributed by atoms with Gasteiger partial charge in [0, 0.05) is 11.3 Å². The molecular weight excluding hydrogens is 359 g/mol. The minimum atomic E-state index is -0.699. The van der Waals surface area contributed by atoms with E-state index in [1.54, 1.807) is 25.1 Å². The number of benzene rings is 1. The van der Waals surface area contributed by atoms with E-state index >= 15 is 0 Å². The molecule has 0 aliphatic carbocycles. The number of rotatable bonds is 4. The van der Waals surface area contributed by atoms with E-state index in [0.29, 0.717) is 26.5 Å². The number of thioether (sulfide) groups is 1. The molecule has 5 N–H and O–H groups in total. The van der Waals surface area contributed by atoms with Gasteiger partial charge in [-0.3, -0.25) is 9.59 Å². The van der Waals surface area contributed by atoms with Crippen LogP contribution in [-0.4, -0.2) is 22.7 Å². The molecule has 2 rings (SSSR count). The van der Waals surface area contributed by atoms with E-state index in [2.05, 4.69) is 10.3 Å². The molecule has 23 heavy (non-hydrogen) atoms. The van der Waals surface area contributed by atoms with E-state index in [-0.39, 0.29) is 11.3 Å². The minimum absolute atomic E-state index is 0.0566. The maximum absolute atomic E-state index is 11.8. The standard InChI is InChI=1S/C14H14Cl2N4O2S/c1-6-10(13(18)22)12(7-3-2-4-8(15)11(7)16)20-14(19-6)23-5-9(17)21/h2-4,12H,5H2,1H3,(H2,17,21)(H2,18,22)(H,19,20)/t12-/m1/s1. The van der Waals surface area contributed by atoms with Gasteiger partial charge in [0.05, 0.1) is 21.4 Å². The lowest BCUT2D eigenvalue weighted by Gasteiger charge is -2.25. The van der Waals surface area contributed by atoms with Crippen molar-refractivity contribution >= 4 is 51.9 Å². The number of carbonyl (C=O) groups excluding carboxylic acids is 2. The number of halogens is 2. The Balaban J connectivity index is 2.48. The molecule has 1 aromatic rings. The van der Waals surface area contributed by atoms with Gasteiger partial charge >= 0.3 is 0 Å². The van der Waals surface area contributed by atoms with Gasteiger partial charge in [0.2, 0.25) is 11.8 Å². The number of nitrogens with two attached hydrogens (primary N) is 2. The van der Waals surface area contributed by atoms with Crippen LogP contribution in [0.2, 0.25) is 10.0 Å². The third-order valence-corrected chi connectivity index (χ3v) is 4.85. The summed E-state index contributed by atoms with van der Waals surface area (Å²) in [6.07, 6.45) is 0. The smallest absolute Gasteiger partial charge is 0.248 e. The quantitative estimate of drug-likeness (QED) is 0.749. The first-order valence-corrected chi connectivity index (χ1v) is 8.25. The molecule has 0 saturated heterocycles. The molecule has 0 fully saturated rings. The van der Waals surface area contributed by atoms with E-state index in [4.69, 9.17) is 34.7 Å². The van der Waals surface area contributed by atoms with Crippen LogP contribution in [-0.2, 0) is 9.59 Å². The molecule has 1 heterocycles. The van der Waals surface area contributed by atoms with Crippen LogP contribution in [0.5, 0.6) is 0 Å². The van der Waals surface area contributed by atoms with E-state index in [1.807, 2.05) is 0 Å². The fourth-order valence-electron chi connectivity index (χ4n) is 2.14. The monoisotopic (exact) mass is 372 g/mol. The third-order valence-electron chi connectivity index (χ3n) is 3.11. The van der Waals surface area contributed by atoms with E-state index in [9.17, 15) is 9.59 Å². The van der Waals surface area contributed by atoms with Crippen molar-refractivity contribution in [3.8, 4) is 0 Å².